The van der Waals surface area contributed by atoms with Crippen molar-refractivity contribution in [2.75, 3.05) is 32.2 Å². The fourth-order valence-corrected chi connectivity index (χ4v) is 5.41. The molecule has 0 bridgehead atoms. The van der Waals surface area contributed by atoms with E-state index in [-0.39, 0.29) is 9.80 Å². The maximum Gasteiger partial charge on any atom is 0.267 e. The molecule has 2 aromatic carbocycles. The minimum Gasteiger partial charge on any atom is -0.493 e. The average Bonchev–Trinajstić information content (AvgIpc) is 2.79. The number of rotatable bonds is 4. The highest BCUT2D eigenvalue weighted by Gasteiger charge is 2.38. The van der Waals surface area contributed by atoms with Crippen molar-refractivity contribution >= 4 is 27.1 Å². The van der Waals surface area contributed by atoms with Gasteiger partial charge in [-0.2, -0.15) is 0 Å². The van der Waals surface area contributed by atoms with Crippen LogP contribution in [0.25, 0.3) is 0 Å². The summed E-state index contributed by atoms with van der Waals surface area (Å²) in [6.45, 7) is 1.15. The molecule has 0 unspecified atom stereocenters. The monoisotopic (exact) mass is 428 g/mol. The number of carbonyl (C=O) groups excluding carboxylic acids is 1. The number of sulfone groups is 1. The SMILES string of the molecule is COc1ccc(N2C=C(C(=O)N3CCCCC3)S(=O)(=O)c3ccccc32)cc1OC. The van der Waals surface area contributed by atoms with E-state index in [9.17, 15) is 13.2 Å². The van der Waals surface area contributed by atoms with E-state index < -0.39 is 15.7 Å². The van der Waals surface area contributed by atoms with E-state index in [0.717, 1.165) is 19.3 Å². The lowest BCUT2D eigenvalue weighted by Crippen LogP contribution is -2.39. The van der Waals surface area contributed by atoms with E-state index in [1.165, 1.54) is 19.4 Å². The molecule has 8 heteroatoms. The van der Waals surface area contributed by atoms with Crippen molar-refractivity contribution in [3.8, 4) is 11.5 Å². The van der Waals surface area contributed by atoms with Gasteiger partial charge in [0.05, 0.1) is 24.8 Å². The zero-order valence-corrected chi connectivity index (χ0v) is 17.8. The van der Waals surface area contributed by atoms with Crippen LogP contribution in [0, 0.1) is 0 Å². The number of para-hydroxylation sites is 1. The zero-order chi connectivity index (χ0) is 21.3. The number of anilines is 2. The third-order valence-corrected chi connectivity index (χ3v) is 7.23. The third-order valence-electron chi connectivity index (χ3n) is 5.45. The molecule has 7 nitrogen and oxygen atoms in total. The summed E-state index contributed by atoms with van der Waals surface area (Å²) in [5.41, 5.74) is 1.15. The molecule has 1 amide bonds. The second-order valence-corrected chi connectivity index (χ2v) is 9.11. The molecule has 0 radical (unpaired) electrons. The van der Waals surface area contributed by atoms with Crippen LogP contribution in [0.4, 0.5) is 11.4 Å². The van der Waals surface area contributed by atoms with Crippen LogP contribution in [0.1, 0.15) is 19.3 Å². The first-order valence-corrected chi connectivity index (χ1v) is 11.3. The molecular formula is C22H24N2O5S. The first-order valence-electron chi connectivity index (χ1n) is 9.84. The Labute approximate surface area is 176 Å². The minimum atomic E-state index is -3.93. The maximum absolute atomic E-state index is 13.3. The molecule has 1 fully saturated rings. The summed E-state index contributed by atoms with van der Waals surface area (Å²) in [4.78, 5) is 16.4. The Kier molecular flexibility index (Phi) is 5.42. The molecule has 2 aromatic rings. The number of benzene rings is 2. The van der Waals surface area contributed by atoms with Crippen molar-refractivity contribution in [2.45, 2.75) is 24.2 Å². The molecule has 0 N–H and O–H groups in total. The molecular weight excluding hydrogens is 404 g/mol. The minimum absolute atomic E-state index is 0.114. The molecule has 1 saturated heterocycles. The Bertz CT molecular complexity index is 1100. The summed E-state index contributed by atoms with van der Waals surface area (Å²) >= 11 is 0. The summed E-state index contributed by atoms with van der Waals surface area (Å²) in [6.07, 6.45) is 4.25. The van der Waals surface area contributed by atoms with Crippen LogP contribution in [-0.4, -0.2) is 46.5 Å². The van der Waals surface area contributed by atoms with Gasteiger partial charge in [0.25, 0.3) is 5.91 Å². The Morgan fingerprint density at radius 1 is 0.933 bits per heavy atom. The Balaban J connectivity index is 1.85. The highest BCUT2D eigenvalue weighted by Crippen LogP contribution is 2.42. The number of ether oxygens (including phenoxy) is 2. The van der Waals surface area contributed by atoms with Crippen LogP contribution in [0.3, 0.4) is 0 Å². The lowest BCUT2D eigenvalue weighted by atomic mass is 10.1. The van der Waals surface area contributed by atoms with E-state index in [2.05, 4.69) is 0 Å². The second kappa shape index (κ2) is 8.02. The summed E-state index contributed by atoms with van der Waals surface area (Å²) in [6, 6.07) is 12.0. The fraction of sp³-hybridized carbons (Fsp3) is 0.318. The lowest BCUT2D eigenvalue weighted by molar-refractivity contribution is -0.127. The Hall–Kier alpha value is -3.00. The van der Waals surface area contributed by atoms with E-state index in [1.807, 2.05) is 0 Å². The number of methoxy groups -OCH3 is 2. The molecule has 2 heterocycles. The number of piperidine rings is 1. The van der Waals surface area contributed by atoms with Crippen molar-refractivity contribution in [1.29, 1.82) is 0 Å². The quantitative estimate of drug-likeness (QED) is 0.742. The van der Waals surface area contributed by atoms with Crippen molar-refractivity contribution in [1.82, 2.24) is 4.90 Å². The summed E-state index contributed by atoms with van der Waals surface area (Å²) < 4.78 is 37.3. The van der Waals surface area contributed by atoms with Gasteiger partial charge in [0, 0.05) is 31.0 Å². The van der Waals surface area contributed by atoms with Crippen LogP contribution < -0.4 is 14.4 Å². The summed E-state index contributed by atoms with van der Waals surface area (Å²) in [5, 5.41) is 0. The molecule has 2 aliphatic heterocycles. The topological polar surface area (TPSA) is 76.2 Å². The number of hydrogen-bond acceptors (Lipinski definition) is 6. The molecule has 0 aromatic heterocycles. The molecule has 0 saturated carbocycles. The largest absolute Gasteiger partial charge is 0.493 e. The molecule has 0 spiro atoms. The number of likely N-dealkylation sites (tertiary alicyclic amines) is 1. The molecule has 0 aliphatic carbocycles. The molecule has 0 atom stereocenters. The number of amides is 1. The molecule has 158 valence electrons. The van der Waals surface area contributed by atoms with Crippen molar-refractivity contribution in [3.63, 3.8) is 0 Å². The number of carbonyl (C=O) groups is 1. The third kappa shape index (κ3) is 3.41. The first-order chi connectivity index (χ1) is 14.5. The molecule has 2 aliphatic rings. The summed E-state index contributed by atoms with van der Waals surface area (Å²) in [5.74, 6) is 0.626. The highest BCUT2D eigenvalue weighted by atomic mass is 32.2. The highest BCUT2D eigenvalue weighted by molar-refractivity contribution is 7.96. The van der Waals surface area contributed by atoms with Crippen molar-refractivity contribution < 1.29 is 22.7 Å². The van der Waals surface area contributed by atoms with E-state index in [4.69, 9.17) is 9.47 Å². The van der Waals surface area contributed by atoms with Crippen molar-refractivity contribution in [2.24, 2.45) is 0 Å². The van der Waals surface area contributed by atoms with Gasteiger partial charge in [0.2, 0.25) is 9.84 Å². The predicted molar refractivity (Wildman–Crippen MR) is 114 cm³/mol. The molecule has 4 rings (SSSR count). The van der Waals surface area contributed by atoms with Gasteiger partial charge in [0.15, 0.2) is 16.4 Å². The Morgan fingerprint density at radius 3 is 2.33 bits per heavy atom. The number of hydrogen-bond donors (Lipinski definition) is 0. The summed E-state index contributed by atoms with van der Waals surface area (Å²) in [7, 11) is -0.838. The van der Waals surface area contributed by atoms with Gasteiger partial charge in [-0.05, 0) is 43.5 Å². The fourth-order valence-electron chi connectivity index (χ4n) is 3.87. The second-order valence-electron chi connectivity index (χ2n) is 7.23. The van der Waals surface area contributed by atoms with Crippen LogP contribution in [0.15, 0.2) is 58.5 Å². The van der Waals surface area contributed by atoms with Crippen LogP contribution in [0.5, 0.6) is 11.5 Å². The van der Waals surface area contributed by atoms with Crippen molar-refractivity contribution in [3.05, 3.63) is 53.6 Å². The average molecular weight is 429 g/mol. The van der Waals surface area contributed by atoms with E-state index >= 15 is 0 Å². The van der Waals surface area contributed by atoms with Gasteiger partial charge in [0.1, 0.15) is 0 Å². The Morgan fingerprint density at radius 2 is 1.63 bits per heavy atom. The van der Waals surface area contributed by atoms with Crippen LogP contribution in [0.2, 0.25) is 0 Å². The standard InChI is InChI=1S/C22H24N2O5S/c1-28-18-11-10-16(14-19(18)29-2)24-15-21(22(25)23-12-6-3-7-13-23)30(26,27)20-9-5-4-8-17(20)24/h4-5,8-11,14-15H,3,6-7,12-13H2,1-2H3. The van der Waals surface area contributed by atoms with Crippen LogP contribution >= 0.6 is 0 Å². The smallest absolute Gasteiger partial charge is 0.267 e. The molecule has 30 heavy (non-hydrogen) atoms. The van der Waals surface area contributed by atoms with E-state index in [0.29, 0.717) is 36.0 Å². The van der Waals surface area contributed by atoms with Gasteiger partial charge >= 0.3 is 0 Å². The van der Waals surface area contributed by atoms with Gasteiger partial charge in [-0.25, -0.2) is 8.42 Å². The first kappa shape index (κ1) is 20.3. The van der Waals surface area contributed by atoms with Gasteiger partial charge in [-0.15, -0.1) is 0 Å². The number of fused-ring (bicyclic) bond motifs is 1. The van der Waals surface area contributed by atoms with Crippen LogP contribution in [-0.2, 0) is 14.6 Å². The predicted octanol–water partition coefficient (Wildman–Crippen LogP) is 3.48. The van der Waals surface area contributed by atoms with Gasteiger partial charge in [-0.1, -0.05) is 12.1 Å². The van der Waals surface area contributed by atoms with E-state index in [1.54, 1.807) is 53.3 Å². The van der Waals surface area contributed by atoms with Gasteiger partial charge < -0.3 is 19.3 Å². The normalized spacial score (nSPS) is 17.7. The lowest BCUT2D eigenvalue weighted by Gasteiger charge is -2.32. The number of nitrogens with zero attached hydrogens (tertiary/aromatic N) is 2. The maximum atomic E-state index is 13.3. The van der Waals surface area contributed by atoms with Gasteiger partial charge in [-0.3, -0.25) is 4.79 Å². The zero-order valence-electron chi connectivity index (χ0n) is 17.0.